The number of amides is 1. The molecule has 0 N–H and O–H groups in total. The van der Waals surface area contributed by atoms with Gasteiger partial charge >= 0.3 is 6.36 Å². The van der Waals surface area contributed by atoms with E-state index in [2.05, 4.69) is 14.7 Å². The van der Waals surface area contributed by atoms with Gasteiger partial charge < -0.3 is 9.64 Å². The lowest BCUT2D eigenvalue weighted by molar-refractivity contribution is -0.275. The van der Waals surface area contributed by atoms with Gasteiger partial charge in [-0.05, 0) is 38.1 Å². The van der Waals surface area contributed by atoms with Gasteiger partial charge in [0, 0.05) is 24.7 Å². The highest BCUT2D eigenvalue weighted by molar-refractivity contribution is 5.97. The van der Waals surface area contributed by atoms with Crippen molar-refractivity contribution in [2.24, 2.45) is 0 Å². The molecule has 0 saturated carbocycles. The molecule has 0 aliphatic rings. The van der Waals surface area contributed by atoms with E-state index >= 15 is 0 Å². The van der Waals surface area contributed by atoms with Gasteiger partial charge in [-0.1, -0.05) is 18.2 Å². The van der Waals surface area contributed by atoms with Crippen molar-refractivity contribution in [1.29, 1.82) is 0 Å². The number of alkyl halides is 3. The predicted molar refractivity (Wildman–Crippen MR) is 97.9 cm³/mol. The van der Waals surface area contributed by atoms with Crippen LogP contribution in [-0.2, 0) is 6.54 Å². The Bertz CT molecular complexity index is 1030. The lowest BCUT2D eigenvalue weighted by Crippen LogP contribution is -2.27. The van der Waals surface area contributed by atoms with Crippen molar-refractivity contribution in [1.82, 2.24) is 14.9 Å². The summed E-state index contributed by atoms with van der Waals surface area (Å²) in [6.45, 7) is 3.65. The van der Waals surface area contributed by atoms with E-state index < -0.39 is 6.36 Å². The normalized spacial score (nSPS) is 11.5. The Kier molecular flexibility index (Phi) is 5.22. The molecule has 3 rings (SSSR count). The van der Waals surface area contributed by atoms with Crippen molar-refractivity contribution in [2.45, 2.75) is 26.8 Å². The van der Waals surface area contributed by atoms with Gasteiger partial charge in [0.25, 0.3) is 5.91 Å². The van der Waals surface area contributed by atoms with Gasteiger partial charge in [-0.3, -0.25) is 4.79 Å². The molecule has 0 aliphatic heterocycles. The van der Waals surface area contributed by atoms with E-state index in [0.29, 0.717) is 16.6 Å². The van der Waals surface area contributed by atoms with Gasteiger partial charge in [0.05, 0.1) is 22.4 Å². The Morgan fingerprint density at radius 2 is 1.68 bits per heavy atom. The van der Waals surface area contributed by atoms with E-state index in [1.165, 1.54) is 30.1 Å². The van der Waals surface area contributed by atoms with Crippen molar-refractivity contribution in [3.8, 4) is 5.75 Å². The van der Waals surface area contributed by atoms with E-state index in [1.54, 1.807) is 24.3 Å². The van der Waals surface area contributed by atoms with Crippen LogP contribution in [0.2, 0.25) is 0 Å². The number of para-hydroxylation sites is 1. The maximum Gasteiger partial charge on any atom is 0.573 e. The molecule has 0 saturated heterocycles. The number of benzene rings is 2. The second-order valence-corrected chi connectivity index (χ2v) is 6.41. The van der Waals surface area contributed by atoms with Crippen LogP contribution in [0.25, 0.3) is 11.0 Å². The zero-order valence-corrected chi connectivity index (χ0v) is 15.5. The SMILES string of the molecule is Cc1nc2ccc(C(=O)N(C)Cc3ccccc3OC(F)(F)F)cc2nc1C. The fraction of sp³-hybridized carbons (Fsp3) is 0.250. The average molecular weight is 389 g/mol. The smallest absolute Gasteiger partial charge is 0.405 e. The molecule has 0 fully saturated rings. The van der Waals surface area contributed by atoms with Gasteiger partial charge in [-0.2, -0.15) is 0 Å². The zero-order valence-electron chi connectivity index (χ0n) is 15.5. The van der Waals surface area contributed by atoms with Crippen LogP contribution in [0.15, 0.2) is 42.5 Å². The second-order valence-electron chi connectivity index (χ2n) is 6.41. The minimum Gasteiger partial charge on any atom is -0.405 e. The number of rotatable bonds is 4. The van der Waals surface area contributed by atoms with Gasteiger partial charge in [0.2, 0.25) is 0 Å². The summed E-state index contributed by atoms with van der Waals surface area (Å²) in [7, 11) is 1.52. The third kappa shape index (κ3) is 4.39. The first kappa shape index (κ1) is 19.6. The predicted octanol–water partition coefficient (Wildman–Crippen LogP) is 4.42. The molecule has 0 spiro atoms. The summed E-state index contributed by atoms with van der Waals surface area (Å²) >= 11 is 0. The van der Waals surface area contributed by atoms with E-state index in [9.17, 15) is 18.0 Å². The number of hydrogen-bond donors (Lipinski definition) is 0. The van der Waals surface area contributed by atoms with Crippen molar-refractivity contribution < 1.29 is 22.7 Å². The summed E-state index contributed by atoms with van der Waals surface area (Å²) in [5, 5.41) is 0. The number of aromatic nitrogens is 2. The van der Waals surface area contributed by atoms with Crippen LogP contribution in [0.3, 0.4) is 0 Å². The minimum absolute atomic E-state index is 0.0400. The van der Waals surface area contributed by atoms with E-state index in [1.807, 2.05) is 13.8 Å². The number of aryl methyl sites for hydroxylation is 2. The molecule has 0 aliphatic carbocycles. The fourth-order valence-corrected chi connectivity index (χ4v) is 2.77. The first-order valence-electron chi connectivity index (χ1n) is 8.48. The molecule has 2 aromatic carbocycles. The summed E-state index contributed by atoms with van der Waals surface area (Å²) in [5.41, 5.74) is 3.47. The lowest BCUT2D eigenvalue weighted by atomic mass is 10.1. The molecule has 8 heteroatoms. The molecule has 0 unspecified atom stereocenters. The first-order valence-corrected chi connectivity index (χ1v) is 8.48. The van der Waals surface area contributed by atoms with Crippen LogP contribution in [0, 0.1) is 13.8 Å². The average Bonchev–Trinajstić information content (AvgIpc) is 2.62. The minimum atomic E-state index is -4.80. The largest absolute Gasteiger partial charge is 0.573 e. The number of carbonyl (C=O) groups is 1. The van der Waals surface area contributed by atoms with Crippen LogP contribution in [-0.4, -0.2) is 34.2 Å². The summed E-state index contributed by atoms with van der Waals surface area (Å²) in [4.78, 5) is 22.9. The highest BCUT2D eigenvalue weighted by Gasteiger charge is 2.32. The van der Waals surface area contributed by atoms with Gasteiger partial charge in [-0.25, -0.2) is 9.97 Å². The summed E-state index contributed by atoms with van der Waals surface area (Å²) in [5.74, 6) is -0.672. The monoisotopic (exact) mass is 389 g/mol. The molecule has 0 atom stereocenters. The Hall–Kier alpha value is -3.16. The van der Waals surface area contributed by atoms with Gasteiger partial charge in [0.15, 0.2) is 0 Å². The Morgan fingerprint density at radius 3 is 2.36 bits per heavy atom. The molecular weight excluding hydrogens is 371 g/mol. The zero-order chi connectivity index (χ0) is 20.5. The molecule has 0 radical (unpaired) electrons. The molecule has 1 aromatic heterocycles. The topological polar surface area (TPSA) is 55.3 Å². The maximum absolute atomic E-state index is 12.8. The third-order valence-corrected chi connectivity index (χ3v) is 4.27. The number of fused-ring (bicyclic) bond motifs is 1. The van der Waals surface area contributed by atoms with E-state index in [4.69, 9.17) is 0 Å². The molecule has 0 bridgehead atoms. The number of hydrogen-bond acceptors (Lipinski definition) is 4. The van der Waals surface area contributed by atoms with Gasteiger partial charge in [-0.15, -0.1) is 13.2 Å². The highest BCUT2D eigenvalue weighted by Crippen LogP contribution is 2.27. The Balaban J connectivity index is 1.84. The third-order valence-electron chi connectivity index (χ3n) is 4.27. The Labute approximate surface area is 159 Å². The lowest BCUT2D eigenvalue weighted by Gasteiger charge is -2.20. The van der Waals surface area contributed by atoms with Gasteiger partial charge in [0.1, 0.15) is 5.75 Å². The summed E-state index contributed by atoms with van der Waals surface area (Å²) < 4.78 is 41.8. The standard InChI is InChI=1S/C20H18F3N3O2/c1-12-13(2)25-17-10-14(8-9-16(17)24-12)19(27)26(3)11-15-6-4-5-7-18(15)28-20(21,22)23/h4-10H,11H2,1-3H3. The molecule has 1 amide bonds. The van der Waals surface area contributed by atoms with Crippen molar-refractivity contribution in [3.63, 3.8) is 0 Å². The van der Waals surface area contributed by atoms with Crippen LogP contribution >= 0.6 is 0 Å². The van der Waals surface area contributed by atoms with E-state index in [-0.39, 0.29) is 23.8 Å². The second kappa shape index (κ2) is 7.46. The molecule has 146 valence electrons. The molecule has 3 aromatic rings. The first-order chi connectivity index (χ1) is 13.1. The van der Waals surface area contributed by atoms with Crippen LogP contribution < -0.4 is 4.74 Å². The van der Waals surface area contributed by atoms with Crippen molar-refractivity contribution in [3.05, 3.63) is 65.0 Å². The number of halogens is 3. The van der Waals surface area contributed by atoms with Crippen molar-refractivity contribution in [2.75, 3.05) is 7.05 Å². The summed E-state index contributed by atoms with van der Waals surface area (Å²) in [6.07, 6.45) is -4.80. The number of carbonyl (C=O) groups excluding carboxylic acids is 1. The van der Waals surface area contributed by atoms with Crippen molar-refractivity contribution >= 4 is 16.9 Å². The molecule has 1 heterocycles. The molecule has 5 nitrogen and oxygen atoms in total. The maximum atomic E-state index is 12.8. The van der Waals surface area contributed by atoms with Crippen LogP contribution in [0.5, 0.6) is 5.75 Å². The number of ether oxygens (including phenoxy) is 1. The highest BCUT2D eigenvalue weighted by atomic mass is 19.4. The molecule has 28 heavy (non-hydrogen) atoms. The number of nitrogens with zero attached hydrogens (tertiary/aromatic N) is 3. The van der Waals surface area contributed by atoms with E-state index in [0.717, 1.165) is 11.4 Å². The quantitative estimate of drug-likeness (QED) is 0.663. The Morgan fingerprint density at radius 1 is 1.04 bits per heavy atom. The summed E-state index contributed by atoms with van der Waals surface area (Å²) in [6, 6.07) is 10.7. The van der Waals surface area contributed by atoms with Crippen LogP contribution in [0.4, 0.5) is 13.2 Å². The van der Waals surface area contributed by atoms with Crippen LogP contribution in [0.1, 0.15) is 27.3 Å². The molecular formula is C20H18F3N3O2. The fourth-order valence-electron chi connectivity index (χ4n) is 2.77.